The minimum atomic E-state index is 0.418. The summed E-state index contributed by atoms with van der Waals surface area (Å²) in [5, 5.41) is 12.7. The Morgan fingerprint density at radius 1 is 1.24 bits per heavy atom. The summed E-state index contributed by atoms with van der Waals surface area (Å²) in [5.41, 5.74) is 2.09. The van der Waals surface area contributed by atoms with Gasteiger partial charge >= 0.3 is 0 Å². The van der Waals surface area contributed by atoms with E-state index in [0.717, 1.165) is 11.3 Å². The molecule has 0 saturated heterocycles. The molecule has 0 aliphatic carbocycles. The third-order valence-corrected chi connectivity index (χ3v) is 2.47. The van der Waals surface area contributed by atoms with Crippen LogP contribution in [-0.2, 0) is 6.42 Å². The van der Waals surface area contributed by atoms with Gasteiger partial charge in [-0.2, -0.15) is 0 Å². The Labute approximate surface area is 104 Å². The maximum absolute atomic E-state index is 9.02. The van der Waals surface area contributed by atoms with E-state index in [9.17, 15) is 0 Å². The Morgan fingerprint density at radius 2 is 2.00 bits per heavy atom. The highest BCUT2D eigenvalue weighted by Crippen LogP contribution is 2.09. The van der Waals surface area contributed by atoms with Crippen LogP contribution in [0, 0.1) is 0 Å². The maximum atomic E-state index is 9.02. The van der Waals surface area contributed by atoms with Crippen molar-refractivity contribution in [3.8, 4) is 0 Å². The number of halogens is 1. The van der Waals surface area contributed by atoms with E-state index in [2.05, 4.69) is 15.1 Å². The number of nitrogens with zero attached hydrogens (tertiary/aromatic N) is 3. The summed E-state index contributed by atoms with van der Waals surface area (Å²) in [6.45, 7) is 0. The molecule has 0 fully saturated rings. The molecule has 2 aromatic heterocycles. The van der Waals surface area contributed by atoms with Crippen molar-refractivity contribution in [2.24, 2.45) is 5.16 Å². The van der Waals surface area contributed by atoms with Crippen molar-refractivity contribution < 1.29 is 5.21 Å². The summed E-state index contributed by atoms with van der Waals surface area (Å²) < 4.78 is 0. The summed E-state index contributed by atoms with van der Waals surface area (Å²) in [6, 6.07) is 8.90. The Kier molecular flexibility index (Phi) is 3.67. The fourth-order valence-electron chi connectivity index (χ4n) is 1.46. The highest BCUT2D eigenvalue weighted by Gasteiger charge is 2.06. The van der Waals surface area contributed by atoms with Gasteiger partial charge in [0, 0.05) is 30.1 Å². The van der Waals surface area contributed by atoms with Crippen molar-refractivity contribution in [2.45, 2.75) is 6.42 Å². The Hall–Kier alpha value is -1.94. The van der Waals surface area contributed by atoms with Crippen molar-refractivity contribution in [1.82, 2.24) is 9.97 Å². The molecule has 86 valence electrons. The first kappa shape index (κ1) is 11.5. The largest absolute Gasteiger partial charge is 0.411 e. The first-order valence-corrected chi connectivity index (χ1v) is 5.40. The second-order valence-corrected chi connectivity index (χ2v) is 3.80. The van der Waals surface area contributed by atoms with Crippen LogP contribution in [0.5, 0.6) is 0 Å². The lowest BCUT2D eigenvalue weighted by atomic mass is 10.1. The van der Waals surface area contributed by atoms with Gasteiger partial charge in [0.2, 0.25) is 0 Å². The van der Waals surface area contributed by atoms with Gasteiger partial charge in [0.1, 0.15) is 5.15 Å². The predicted molar refractivity (Wildman–Crippen MR) is 65.5 cm³/mol. The maximum Gasteiger partial charge on any atom is 0.129 e. The molecule has 5 heteroatoms. The Morgan fingerprint density at radius 3 is 2.65 bits per heavy atom. The van der Waals surface area contributed by atoms with Crippen molar-refractivity contribution in [1.29, 1.82) is 0 Å². The lowest BCUT2D eigenvalue weighted by molar-refractivity contribution is 0.318. The Bertz CT molecular complexity index is 528. The van der Waals surface area contributed by atoms with Gasteiger partial charge < -0.3 is 5.21 Å². The van der Waals surface area contributed by atoms with Crippen LogP contribution in [0.3, 0.4) is 0 Å². The average molecular weight is 248 g/mol. The number of pyridine rings is 2. The summed E-state index contributed by atoms with van der Waals surface area (Å²) in [5.74, 6) is 0. The molecule has 1 N–H and O–H groups in total. The number of hydrogen-bond donors (Lipinski definition) is 1. The molecule has 2 heterocycles. The first-order chi connectivity index (χ1) is 8.29. The zero-order chi connectivity index (χ0) is 12.1. The van der Waals surface area contributed by atoms with Gasteiger partial charge in [0.05, 0.1) is 5.71 Å². The van der Waals surface area contributed by atoms with Crippen LogP contribution in [0.15, 0.2) is 47.9 Å². The van der Waals surface area contributed by atoms with Crippen LogP contribution in [0.2, 0.25) is 5.15 Å². The van der Waals surface area contributed by atoms with Gasteiger partial charge in [-0.15, -0.1) is 0 Å². The summed E-state index contributed by atoms with van der Waals surface area (Å²) in [4.78, 5) is 8.05. The van der Waals surface area contributed by atoms with Gasteiger partial charge in [-0.1, -0.05) is 22.8 Å². The highest BCUT2D eigenvalue weighted by atomic mass is 35.5. The molecule has 0 aromatic carbocycles. The molecule has 0 aliphatic heterocycles. The summed E-state index contributed by atoms with van der Waals surface area (Å²) in [7, 11) is 0. The van der Waals surface area contributed by atoms with Crippen LogP contribution in [-0.4, -0.2) is 20.9 Å². The second-order valence-electron chi connectivity index (χ2n) is 3.41. The molecule has 0 atom stereocenters. The number of oxime groups is 1. The van der Waals surface area contributed by atoms with Crippen LogP contribution in [0.4, 0.5) is 0 Å². The molecule has 0 radical (unpaired) electrons. The molecule has 0 bridgehead atoms. The van der Waals surface area contributed by atoms with E-state index in [1.165, 1.54) is 0 Å². The summed E-state index contributed by atoms with van der Waals surface area (Å²) >= 11 is 5.79. The van der Waals surface area contributed by atoms with E-state index < -0.39 is 0 Å². The molecule has 4 nitrogen and oxygen atoms in total. The van der Waals surface area contributed by atoms with Crippen LogP contribution in [0.1, 0.15) is 11.3 Å². The molecule has 0 unspecified atom stereocenters. The topological polar surface area (TPSA) is 58.4 Å². The third kappa shape index (κ3) is 3.01. The molecule has 2 aromatic rings. The second kappa shape index (κ2) is 5.41. The van der Waals surface area contributed by atoms with Crippen LogP contribution in [0.25, 0.3) is 0 Å². The van der Waals surface area contributed by atoms with E-state index in [1.54, 1.807) is 30.6 Å². The monoisotopic (exact) mass is 247 g/mol. The third-order valence-electron chi connectivity index (χ3n) is 2.26. The van der Waals surface area contributed by atoms with Gasteiger partial charge in [-0.25, -0.2) is 4.98 Å². The number of rotatable bonds is 3. The molecular weight excluding hydrogens is 238 g/mol. The van der Waals surface area contributed by atoms with Crippen molar-refractivity contribution in [3.05, 3.63) is 59.1 Å². The van der Waals surface area contributed by atoms with Crippen LogP contribution >= 0.6 is 11.6 Å². The van der Waals surface area contributed by atoms with E-state index in [4.69, 9.17) is 16.8 Å². The van der Waals surface area contributed by atoms with Crippen molar-refractivity contribution in [2.75, 3.05) is 0 Å². The normalized spacial score (nSPS) is 11.5. The smallest absolute Gasteiger partial charge is 0.129 e. The van der Waals surface area contributed by atoms with Crippen LogP contribution < -0.4 is 0 Å². The van der Waals surface area contributed by atoms with Crippen molar-refractivity contribution >= 4 is 17.3 Å². The van der Waals surface area contributed by atoms with E-state index >= 15 is 0 Å². The zero-order valence-corrected chi connectivity index (χ0v) is 9.67. The molecule has 0 amide bonds. The van der Waals surface area contributed by atoms with Gasteiger partial charge in [0.15, 0.2) is 0 Å². The zero-order valence-electron chi connectivity index (χ0n) is 8.92. The van der Waals surface area contributed by atoms with Gasteiger partial charge in [-0.05, 0) is 24.3 Å². The average Bonchev–Trinajstić information content (AvgIpc) is 2.37. The van der Waals surface area contributed by atoms with Crippen molar-refractivity contribution in [3.63, 3.8) is 0 Å². The van der Waals surface area contributed by atoms with Gasteiger partial charge in [0.25, 0.3) is 0 Å². The Balaban J connectivity index is 2.23. The SMILES string of the molecule is ON=C(Cc1cccc(Cl)n1)c1ccncc1. The van der Waals surface area contributed by atoms with Gasteiger partial charge in [-0.3, -0.25) is 4.98 Å². The number of hydrogen-bond acceptors (Lipinski definition) is 4. The predicted octanol–water partition coefficient (Wildman–Crippen LogP) is 2.55. The fraction of sp³-hybridized carbons (Fsp3) is 0.0833. The van der Waals surface area contributed by atoms with E-state index in [-0.39, 0.29) is 0 Å². The lowest BCUT2D eigenvalue weighted by Crippen LogP contribution is -2.06. The fourth-order valence-corrected chi connectivity index (χ4v) is 1.64. The highest BCUT2D eigenvalue weighted by molar-refractivity contribution is 6.29. The first-order valence-electron chi connectivity index (χ1n) is 5.02. The molecule has 0 aliphatic rings. The minimum Gasteiger partial charge on any atom is -0.411 e. The number of aromatic nitrogens is 2. The van der Waals surface area contributed by atoms with E-state index in [1.807, 2.05) is 12.1 Å². The molecule has 17 heavy (non-hydrogen) atoms. The molecular formula is C12H10ClN3O. The molecule has 0 spiro atoms. The minimum absolute atomic E-state index is 0.418. The lowest BCUT2D eigenvalue weighted by Gasteiger charge is -2.04. The van der Waals surface area contributed by atoms with E-state index in [0.29, 0.717) is 17.3 Å². The molecule has 2 rings (SSSR count). The quantitative estimate of drug-likeness (QED) is 0.392. The standard InChI is InChI=1S/C12H10ClN3O/c13-12-3-1-2-10(15-12)8-11(16-17)9-4-6-14-7-5-9/h1-7,17H,8H2. The summed E-state index contributed by atoms with van der Waals surface area (Å²) in [6.07, 6.45) is 3.71. The molecule has 0 saturated carbocycles.